The second-order valence-corrected chi connectivity index (χ2v) is 5.35. The van der Waals surface area contributed by atoms with Crippen LogP contribution in [0, 0.1) is 0 Å². The zero-order valence-corrected chi connectivity index (χ0v) is 15.4. The molecule has 14 nitrogen and oxygen atoms in total. The average Bonchev–Trinajstić information content (AvgIpc) is 2.66. The zero-order valence-electron chi connectivity index (χ0n) is 15.4. The van der Waals surface area contributed by atoms with E-state index in [9.17, 15) is 19.2 Å². The Morgan fingerprint density at radius 3 is 0.759 bits per heavy atom. The van der Waals surface area contributed by atoms with Crippen LogP contribution in [0.5, 0.6) is 0 Å². The first kappa shape index (κ1) is 31.3. The average molecular weight is 432 g/mol. The maximum atomic E-state index is 9.77. The molecule has 0 amide bonds. The minimum atomic E-state index is -2.27. The quantitative estimate of drug-likeness (QED) is 0.135. The Morgan fingerprint density at radius 1 is 0.448 bits per heavy atom. The van der Waals surface area contributed by atoms with Crippen LogP contribution in [0.4, 0.5) is 0 Å². The van der Waals surface area contributed by atoms with Gasteiger partial charge in [0.15, 0.2) is 24.4 Å². The highest BCUT2D eigenvalue weighted by Gasteiger charge is 2.30. The summed E-state index contributed by atoms with van der Waals surface area (Å²) < 4.78 is 0. The molecule has 0 saturated heterocycles. The van der Waals surface area contributed by atoms with Crippen molar-refractivity contribution in [2.45, 2.75) is 56.5 Å². The van der Waals surface area contributed by atoms with Gasteiger partial charge in [0.25, 0.3) is 0 Å². The van der Waals surface area contributed by atoms with Crippen molar-refractivity contribution in [3.63, 3.8) is 0 Å². The van der Waals surface area contributed by atoms with E-state index in [1.807, 2.05) is 0 Å². The lowest BCUT2D eigenvalue weighted by Crippen LogP contribution is -2.39. The fourth-order valence-corrected chi connectivity index (χ4v) is 1.29. The van der Waals surface area contributed by atoms with Gasteiger partial charge in [-0.05, 0) is 12.8 Å². The Bertz CT molecular complexity index is 402. The van der Waals surface area contributed by atoms with Gasteiger partial charge in [0.2, 0.25) is 0 Å². The number of unbranched alkanes of at least 4 members (excludes halogenated alkanes) is 4. The van der Waals surface area contributed by atoms with E-state index < -0.39 is 48.3 Å². The van der Waals surface area contributed by atoms with Crippen LogP contribution < -0.4 is 0 Å². The van der Waals surface area contributed by atoms with Crippen LogP contribution in [0.3, 0.4) is 0 Å². The van der Waals surface area contributed by atoms with E-state index in [0.717, 1.165) is 32.1 Å². The molecule has 0 aliphatic carbocycles. The van der Waals surface area contributed by atoms with Gasteiger partial charge >= 0.3 is 23.9 Å². The highest BCUT2D eigenvalue weighted by atomic mass is 16.4. The van der Waals surface area contributed by atoms with Gasteiger partial charge in [0, 0.05) is 13.2 Å². The number of hydrogen-bond donors (Lipinski definition) is 10. The summed E-state index contributed by atoms with van der Waals surface area (Å²) in [6.45, 7) is 0.609. The summed E-state index contributed by atoms with van der Waals surface area (Å²) in [6.07, 6.45) is -3.92. The molecule has 0 saturated carbocycles. The predicted octanol–water partition coefficient (Wildman–Crippen LogP) is -3.32. The summed E-state index contributed by atoms with van der Waals surface area (Å²) >= 11 is 0. The Kier molecular flexibility index (Phi) is 20.5. The normalized spacial score (nSPS) is 14.0. The summed E-state index contributed by atoms with van der Waals surface area (Å²) in [7, 11) is 0. The molecular formula is C15H28O14. The largest absolute Gasteiger partial charge is 0.479 e. The summed E-state index contributed by atoms with van der Waals surface area (Å²) in [5.74, 6) is -7.07. The molecule has 0 spiro atoms. The number of aliphatic hydroxyl groups excluding tert-OH is 6. The zero-order chi connectivity index (χ0) is 23.6. The molecular weight excluding hydrogens is 404 g/mol. The molecule has 0 fully saturated rings. The van der Waals surface area contributed by atoms with Crippen molar-refractivity contribution in [3.8, 4) is 0 Å². The Labute approximate surface area is 164 Å². The van der Waals surface area contributed by atoms with Crippen molar-refractivity contribution in [2.75, 3.05) is 13.2 Å². The molecule has 0 bridgehead atoms. The number of carboxylic acids is 4. The summed E-state index contributed by atoms with van der Waals surface area (Å²) in [4.78, 5) is 39.1. The van der Waals surface area contributed by atoms with Crippen molar-refractivity contribution < 1.29 is 70.2 Å². The number of hydrogen-bond acceptors (Lipinski definition) is 10. The first-order chi connectivity index (χ1) is 13.3. The van der Waals surface area contributed by atoms with Crippen molar-refractivity contribution in [1.29, 1.82) is 0 Å². The number of aliphatic carboxylic acids is 4. The highest BCUT2D eigenvalue weighted by molar-refractivity contribution is 5.83. The lowest BCUT2D eigenvalue weighted by atomic mass is 10.2. The van der Waals surface area contributed by atoms with Gasteiger partial charge in [0.05, 0.1) is 0 Å². The third-order valence-electron chi connectivity index (χ3n) is 2.93. The Morgan fingerprint density at radius 2 is 0.621 bits per heavy atom. The van der Waals surface area contributed by atoms with Gasteiger partial charge < -0.3 is 51.1 Å². The molecule has 0 heterocycles. The highest BCUT2D eigenvalue weighted by Crippen LogP contribution is 2.00. The molecule has 29 heavy (non-hydrogen) atoms. The summed E-state index contributed by atoms with van der Waals surface area (Å²) in [5.41, 5.74) is 0. The number of carboxylic acid groups (broad SMARTS) is 4. The topological polar surface area (TPSA) is 271 Å². The molecule has 0 aromatic heterocycles. The van der Waals surface area contributed by atoms with Gasteiger partial charge in [-0.3, -0.25) is 0 Å². The first-order valence-corrected chi connectivity index (χ1v) is 8.20. The Balaban J connectivity index is -0.000000350. The fraction of sp³-hybridized carbons (Fsp3) is 0.733. The lowest BCUT2D eigenvalue weighted by Gasteiger charge is -2.07. The third-order valence-corrected chi connectivity index (χ3v) is 2.93. The molecule has 0 aromatic carbocycles. The number of aliphatic hydroxyl groups is 6. The predicted molar refractivity (Wildman–Crippen MR) is 91.8 cm³/mol. The molecule has 0 rings (SSSR count). The van der Waals surface area contributed by atoms with Crippen LogP contribution in [0.1, 0.15) is 32.1 Å². The maximum Gasteiger partial charge on any atom is 0.335 e. The van der Waals surface area contributed by atoms with Crippen LogP contribution in [-0.4, -0.2) is 113 Å². The molecule has 172 valence electrons. The van der Waals surface area contributed by atoms with E-state index in [1.165, 1.54) is 0 Å². The maximum absolute atomic E-state index is 9.77. The molecule has 0 radical (unpaired) electrons. The van der Waals surface area contributed by atoms with E-state index in [-0.39, 0.29) is 0 Å². The fourth-order valence-electron chi connectivity index (χ4n) is 1.29. The molecule has 0 aliphatic rings. The SMILES string of the molecule is O=C(O)C(O)C(O)C(=O)O.O=C(O)C(O)C(O)C(=O)O.OCCCCCCCO. The second-order valence-electron chi connectivity index (χ2n) is 5.35. The van der Waals surface area contributed by atoms with Crippen LogP contribution in [0.25, 0.3) is 0 Å². The van der Waals surface area contributed by atoms with Gasteiger partial charge in [-0.15, -0.1) is 0 Å². The number of rotatable bonds is 12. The van der Waals surface area contributed by atoms with Crippen LogP contribution in [0.2, 0.25) is 0 Å². The number of carbonyl (C=O) groups is 4. The van der Waals surface area contributed by atoms with Crippen LogP contribution >= 0.6 is 0 Å². The smallest absolute Gasteiger partial charge is 0.335 e. The third kappa shape index (κ3) is 18.8. The van der Waals surface area contributed by atoms with Gasteiger partial charge in [0.1, 0.15) is 0 Å². The minimum Gasteiger partial charge on any atom is -0.479 e. The van der Waals surface area contributed by atoms with Gasteiger partial charge in [-0.1, -0.05) is 19.3 Å². The van der Waals surface area contributed by atoms with Crippen LogP contribution in [0.15, 0.2) is 0 Å². The standard InChI is InChI=1S/C7H16O2.2C4H6O6/c8-6-4-2-1-3-5-7-9;2*5-1(3(7)8)2(6)4(9)10/h8-9H,1-7H2;2*1-2,5-6H,(H,7,8)(H,9,10). The molecule has 10 N–H and O–H groups in total. The lowest BCUT2D eigenvalue weighted by molar-refractivity contribution is -0.165. The first-order valence-electron chi connectivity index (χ1n) is 8.20. The molecule has 0 aromatic rings. The molecule has 14 heteroatoms. The molecule has 0 aliphatic heterocycles. The van der Waals surface area contributed by atoms with Crippen molar-refractivity contribution in [3.05, 3.63) is 0 Å². The van der Waals surface area contributed by atoms with E-state index in [2.05, 4.69) is 0 Å². The van der Waals surface area contributed by atoms with Crippen LogP contribution in [-0.2, 0) is 19.2 Å². The van der Waals surface area contributed by atoms with E-state index >= 15 is 0 Å². The van der Waals surface area contributed by atoms with Gasteiger partial charge in [-0.25, -0.2) is 19.2 Å². The van der Waals surface area contributed by atoms with Crippen molar-refractivity contribution in [2.24, 2.45) is 0 Å². The van der Waals surface area contributed by atoms with Gasteiger partial charge in [-0.2, -0.15) is 0 Å². The minimum absolute atomic E-state index is 0.305. The van der Waals surface area contributed by atoms with E-state index in [0.29, 0.717) is 13.2 Å². The molecule has 4 unspecified atom stereocenters. The van der Waals surface area contributed by atoms with E-state index in [4.69, 9.17) is 51.1 Å². The summed E-state index contributed by atoms with van der Waals surface area (Å²) in [6, 6.07) is 0. The monoisotopic (exact) mass is 432 g/mol. The van der Waals surface area contributed by atoms with Crippen molar-refractivity contribution >= 4 is 23.9 Å². The van der Waals surface area contributed by atoms with E-state index in [1.54, 1.807) is 0 Å². The summed E-state index contributed by atoms with van der Waals surface area (Å²) in [5, 5.41) is 81.8. The second kappa shape index (κ2) is 19.0. The van der Waals surface area contributed by atoms with Crippen molar-refractivity contribution in [1.82, 2.24) is 0 Å². The molecule has 4 atom stereocenters. The Hall–Kier alpha value is -2.36.